The molecule has 2 rings (SSSR count). The Morgan fingerprint density at radius 1 is 1.21 bits per heavy atom. The van der Waals surface area contributed by atoms with Crippen LogP contribution in [-0.2, 0) is 6.42 Å². The minimum Gasteiger partial charge on any atom is -0.398 e. The predicted octanol–water partition coefficient (Wildman–Crippen LogP) is 3.45. The summed E-state index contributed by atoms with van der Waals surface area (Å²) in [5.41, 5.74) is 9.40. The van der Waals surface area contributed by atoms with Crippen LogP contribution in [-0.4, -0.2) is 5.78 Å². The molecule has 0 radical (unpaired) electrons. The lowest BCUT2D eigenvalue weighted by atomic mass is 9.96. The summed E-state index contributed by atoms with van der Waals surface area (Å²) >= 11 is 0. The first-order chi connectivity index (χ1) is 8.99. The van der Waals surface area contributed by atoms with Crippen molar-refractivity contribution < 1.29 is 9.18 Å². The van der Waals surface area contributed by atoms with Gasteiger partial charge in [-0.05, 0) is 48.7 Å². The van der Waals surface area contributed by atoms with Gasteiger partial charge in [-0.2, -0.15) is 0 Å². The van der Waals surface area contributed by atoms with Crippen molar-refractivity contribution in [2.45, 2.75) is 20.3 Å². The quantitative estimate of drug-likeness (QED) is 0.676. The van der Waals surface area contributed by atoms with E-state index in [0.717, 1.165) is 11.1 Å². The van der Waals surface area contributed by atoms with Gasteiger partial charge in [-0.15, -0.1) is 0 Å². The molecule has 98 valence electrons. The maximum atomic E-state index is 13.2. The fourth-order valence-electron chi connectivity index (χ4n) is 2.05. The summed E-state index contributed by atoms with van der Waals surface area (Å²) in [6.07, 6.45) is 0.188. The number of aryl methyl sites for hydroxylation is 1. The SMILES string of the molecule is Cc1ccc(F)cc1CC(=O)c1cccc(N)c1C. The highest BCUT2D eigenvalue weighted by atomic mass is 19.1. The van der Waals surface area contributed by atoms with E-state index < -0.39 is 0 Å². The third kappa shape index (κ3) is 2.81. The fourth-order valence-corrected chi connectivity index (χ4v) is 2.05. The first-order valence-electron chi connectivity index (χ1n) is 6.12. The Balaban J connectivity index is 2.31. The third-order valence-corrected chi connectivity index (χ3v) is 3.34. The number of halogens is 1. The lowest BCUT2D eigenvalue weighted by Gasteiger charge is -2.09. The van der Waals surface area contributed by atoms with E-state index in [1.54, 1.807) is 24.3 Å². The number of ketones is 1. The second-order valence-electron chi connectivity index (χ2n) is 4.69. The van der Waals surface area contributed by atoms with Crippen molar-refractivity contribution in [3.05, 3.63) is 64.5 Å². The number of rotatable bonds is 3. The number of benzene rings is 2. The second-order valence-corrected chi connectivity index (χ2v) is 4.69. The molecule has 0 aliphatic carbocycles. The maximum absolute atomic E-state index is 13.2. The van der Waals surface area contributed by atoms with Gasteiger partial charge in [0.2, 0.25) is 0 Å². The molecule has 3 heteroatoms. The lowest BCUT2D eigenvalue weighted by molar-refractivity contribution is 0.0992. The standard InChI is InChI=1S/C16H16FNO/c1-10-6-7-13(17)8-12(10)9-16(19)14-4-3-5-15(18)11(14)2/h3-8H,9,18H2,1-2H3. The van der Waals surface area contributed by atoms with Gasteiger partial charge in [-0.3, -0.25) is 4.79 Å². The van der Waals surface area contributed by atoms with Crippen LogP contribution in [0.3, 0.4) is 0 Å². The van der Waals surface area contributed by atoms with Crippen molar-refractivity contribution in [1.82, 2.24) is 0 Å². The summed E-state index contributed by atoms with van der Waals surface area (Å²) in [5, 5.41) is 0. The Morgan fingerprint density at radius 2 is 1.95 bits per heavy atom. The van der Waals surface area contributed by atoms with Crippen LogP contribution >= 0.6 is 0 Å². The van der Waals surface area contributed by atoms with Crippen LogP contribution in [0.2, 0.25) is 0 Å². The van der Waals surface area contributed by atoms with Crippen molar-refractivity contribution in [3.8, 4) is 0 Å². The molecular formula is C16H16FNO. The summed E-state index contributed by atoms with van der Waals surface area (Å²) in [4.78, 5) is 12.3. The van der Waals surface area contributed by atoms with Gasteiger partial charge in [-0.1, -0.05) is 18.2 Å². The third-order valence-electron chi connectivity index (χ3n) is 3.34. The molecule has 0 spiro atoms. The Morgan fingerprint density at radius 3 is 2.68 bits per heavy atom. The second kappa shape index (κ2) is 5.22. The van der Waals surface area contributed by atoms with Crippen LogP contribution in [0.1, 0.15) is 27.0 Å². The van der Waals surface area contributed by atoms with Crippen LogP contribution in [0.5, 0.6) is 0 Å². The highest BCUT2D eigenvalue weighted by Gasteiger charge is 2.13. The number of hydrogen-bond donors (Lipinski definition) is 1. The minimum atomic E-state index is -0.322. The van der Waals surface area contributed by atoms with Gasteiger partial charge >= 0.3 is 0 Å². The number of Topliss-reactive ketones (excluding diaryl/α,β-unsaturated/α-hetero) is 1. The minimum absolute atomic E-state index is 0.0431. The molecule has 0 saturated heterocycles. The monoisotopic (exact) mass is 257 g/mol. The van der Waals surface area contributed by atoms with Crippen molar-refractivity contribution in [2.24, 2.45) is 0 Å². The zero-order valence-corrected chi connectivity index (χ0v) is 11.0. The molecule has 2 aromatic carbocycles. The smallest absolute Gasteiger partial charge is 0.167 e. The van der Waals surface area contributed by atoms with Crippen LogP contribution in [0.4, 0.5) is 10.1 Å². The molecule has 0 amide bonds. The average molecular weight is 257 g/mol. The fraction of sp³-hybridized carbons (Fsp3) is 0.188. The molecule has 19 heavy (non-hydrogen) atoms. The van der Waals surface area contributed by atoms with Crippen molar-refractivity contribution in [1.29, 1.82) is 0 Å². The van der Waals surface area contributed by atoms with Crippen LogP contribution in [0, 0.1) is 19.7 Å². The average Bonchev–Trinajstić information content (AvgIpc) is 2.37. The predicted molar refractivity (Wildman–Crippen MR) is 74.8 cm³/mol. The normalized spacial score (nSPS) is 10.5. The highest BCUT2D eigenvalue weighted by molar-refractivity contribution is 6.00. The number of carbonyl (C=O) groups is 1. The van der Waals surface area contributed by atoms with Gasteiger partial charge in [0, 0.05) is 17.7 Å². The zero-order chi connectivity index (χ0) is 14.0. The molecule has 2 nitrogen and oxygen atoms in total. The summed E-state index contributed by atoms with van der Waals surface area (Å²) in [5.74, 6) is -0.365. The van der Waals surface area contributed by atoms with E-state index >= 15 is 0 Å². The van der Waals surface area contributed by atoms with E-state index in [4.69, 9.17) is 5.73 Å². The van der Waals surface area contributed by atoms with E-state index in [9.17, 15) is 9.18 Å². The van der Waals surface area contributed by atoms with Crippen molar-refractivity contribution in [3.63, 3.8) is 0 Å². The van der Waals surface area contributed by atoms with Crippen LogP contribution in [0.25, 0.3) is 0 Å². The van der Waals surface area contributed by atoms with Crippen molar-refractivity contribution in [2.75, 3.05) is 5.73 Å². The largest absolute Gasteiger partial charge is 0.398 e. The Kier molecular flexibility index (Phi) is 3.65. The van der Waals surface area contributed by atoms with Gasteiger partial charge in [0.1, 0.15) is 5.82 Å². The van der Waals surface area contributed by atoms with Crippen molar-refractivity contribution >= 4 is 11.5 Å². The molecule has 0 aliphatic heterocycles. The molecule has 0 aromatic heterocycles. The zero-order valence-electron chi connectivity index (χ0n) is 11.0. The number of hydrogen-bond acceptors (Lipinski definition) is 2. The summed E-state index contributed by atoms with van der Waals surface area (Å²) < 4.78 is 13.2. The van der Waals surface area contributed by atoms with E-state index in [0.29, 0.717) is 16.8 Å². The van der Waals surface area contributed by atoms with Gasteiger partial charge in [0.05, 0.1) is 0 Å². The van der Waals surface area contributed by atoms with E-state index in [-0.39, 0.29) is 18.0 Å². The number of nitrogen functional groups attached to an aromatic ring is 1. The molecule has 0 unspecified atom stereocenters. The summed E-state index contributed by atoms with van der Waals surface area (Å²) in [6, 6.07) is 9.77. The highest BCUT2D eigenvalue weighted by Crippen LogP contribution is 2.19. The van der Waals surface area contributed by atoms with Gasteiger partial charge < -0.3 is 5.73 Å². The van der Waals surface area contributed by atoms with E-state index in [1.165, 1.54) is 12.1 Å². The first kappa shape index (κ1) is 13.3. The molecule has 0 aliphatic rings. The molecule has 2 aromatic rings. The molecule has 0 heterocycles. The van der Waals surface area contributed by atoms with Gasteiger partial charge in [0.25, 0.3) is 0 Å². The number of nitrogens with two attached hydrogens (primary N) is 1. The lowest BCUT2D eigenvalue weighted by Crippen LogP contribution is -2.08. The van der Waals surface area contributed by atoms with E-state index in [2.05, 4.69) is 0 Å². The summed E-state index contributed by atoms with van der Waals surface area (Å²) in [6.45, 7) is 3.69. The van der Waals surface area contributed by atoms with Crippen LogP contribution < -0.4 is 5.73 Å². The summed E-state index contributed by atoms with van der Waals surface area (Å²) in [7, 11) is 0. The van der Waals surface area contributed by atoms with Crippen LogP contribution in [0.15, 0.2) is 36.4 Å². The van der Waals surface area contributed by atoms with Gasteiger partial charge in [-0.25, -0.2) is 4.39 Å². The van der Waals surface area contributed by atoms with E-state index in [1.807, 2.05) is 13.8 Å². The molecule has 0 fully saturated rings. The number of carbonyl (C=O) groups excluding carboxylic acids is 1. The topological polar surface area (TPSA) is 43.1 Å². The molecule has 0 bridgehead atoms. The molecular weight excluding hydrogens is 241 g/mol. The Bertz CT molecular complexity index is 635. The first-order valence-corrected chi connectivity index (χ1v) is 6.12. The Labute approximate surface area is 112 Å². The maximum Gasteiger partial charge on any atom is 0.167 e. The molecule has 2 N–H and O–H groups in total. The number of anilines is 1. The molecule has 0 saturated carbocycles. The Hall–Kier alpha value is -2.16. The van der Waals surface area contributed by atoms with Gasteiger partial charge in [0.15, 0.2) is 5.78 Å². The molecule has 0 atom stereocenters.